The number of rotatable bonds is 8. The number of carbonyl (C=O) groups is 1. The van der Waals surface area contributed by atoms with Crippen LogP contribution in [0.3, 0.4) is 0 Å². The van der Waals surface area contributed by atoms with Gasteiger partial charge in [-0.1, -0.05) is 33.1 Å². The Labute approximate surface area is 99.5 Å². The van der Waals surface area contributed by atoms with Gasteiger partial charge in [-0.25, -0.2) is 4.79 Å². The summed E-state index contributed by atoms with van der Waals surface area (Å²) in [4.78, 5) is 11.2. The van der Waals surface area contributed by atoms with Crippen molar-refractivity contribution in [2.45, 2.75) is 65.9 Å². The molecule has 0 aliphatic rings. The van der Waals surface area contributed by atoms with Gasteiger partial charge < -0.3 is 9.47 Å². The molecule has 0 amide bonds. The summed E-state index contributed by atoms with van der Waals surface area (Å²) in [5.74, 6) is 0.490. The van der Waals surface area contributed by atoms with E-state index in [2.05, 4.69) is 13.8 Å². The lowest BCUT2D eigenvalue weighted by Crippen LogP contribution is -2.18. The van der Waals surface area contributed by atoms with Crippen molar-refractivity contribution < 1.29 is 14.3 Å². The molecule has 0 heterocycles. The third-order valence-corrected chi connectivity index (χ3v) is 2.43. The maximum absolute atomic E-state index is 11.2. The minimum Gasteiger partial charge on any atom is -0.434 e. The highest BCUT2D eigenvalue weighted by Gasteiger charge is 2.12. The quantitative estimate of drug-likeness (QED) is 0.587. The van der Waals surface area contributed by atoms with Crippen LogP contribution in [0, 0.1) is 5.92 Å². The maximum Gasteiger partial charge on any atom is 0.508 e. The van der Waals surface area contributed by atoms with Crippen LogP contribution in [0.1, 0.15) is 59.8 Å². The van der Waals surface area contributed by atoms with E-state index in [0.29, 0.717) is 12.5 Å². The van der Waals surface area contributed by atoms with Crippen LogP contribution in [0.15, 0.2) is 0 Å². The molecule has 0 N–H and O–H groups in total. The van der Waals surface area contributed by atoms with Crippen molar-refractivity contribution >= 4 is 6.16 Å². The predicted molar refractivity (Wildman–Crippen MR) is 65.5 cm³/mol. The summed E-state index contributed by atoms with van der Waals surface area (Å²) in [5, 5.41) is 0. The third-order valence-electron chi connectivity index (χ3n) is 2.43. The van der Waals surface area contributed by atoms with E-state index in [-0.39, 0.29) is 6.10 Å². The van der Waals surface area contributed by atoms with Crippen molar-refractivity contribution in [3.05, 3.63) is 0 Å². The number of unbranched alkanes of at least 4 members (excludes halogenated alkanes) is 1. The predicted octanol–water partition coefficient (Wildman–Crippen LogP) is 4.15. The lowest BCUT2D eigenvalue weighted by molar-refractivity contribution is 0.0236. The standard InChI is InChI=1S/C13H26O3/c1-5-7-9-12(8-6-2)10-15-13(14)16-11(3)4/h11-12H,5-10H2,1-4H3. The average molecular weight is 230 g/mol. The molecule has 0 rings (SSSR count). The van der Waals surface area contributed by atoms with Gasteiger partial charge in [0.2, 0.25) is 0 Å². The van der Waals surface area contributed by atoms with Crippen LogP contribution in [0.4, 0.5) is 4.79 Å². The zero-order valence-corrected chi connectivity index (χ0v) is 11.1. The molecule has 0 spiro atoms. The smallest absolute Gasteiger partial charge is 0.434 e. The van der Waals surface area contributed by atoms with Crippen LogP contribution in [0.25, 0.3) is 0 Å². The molecule has 1 unspecified atom stereocenters. The maximum atomic E-state index is 11.2. The summed E-state index contributed by atoms with van der Waals surface area (Å²) < 4.78 is 10.0. The molecular formula is C13H26O3. The van der Waals surface area contributed by atoms with Gasteiger partial charge in [0, 0.05) is 0 Å². The van der Waals surface area contributed by atoms with E-state index in [1.165, 1.54) is 12.8 Å². The number of hydrogen-bond acceptors (Lipinski definition) is 3. The molecule has 0 bridgehead atoms. The minimum absolute atomic E-state index is 0.104. The Morgan fingerprint density at radius 3 is 2.31 bits per heavy atom. The molecule has 3 heteroatoms. The largest absolute Gasteiger partial charge is 0.508 e. The fourth-order valence-electron chi connectivity index (χ4n) is 1.62. The molecule has 16 heavy (non-hydrogen) atoms. The zero-order valence-electron chi connectivity index (χ0n) is 11.1. The molecule has 0 fully saturated rings. The van der Waals surface area contributed by atoms with Gasteiger partial charge >= 0.3 is 6.16 Å². The number of ether oxygens (including phenoxy) is 2. The first-order chi connectivity index (χ1) is 7.60. The fraction of sp³-hybridized carbons (Fsp3) is 0.923. The third kappa shape index (κ3) is 8.57. The van der Waals surface area contributed by atoms with Gasteiger partial charge in [0.05, 0.1) is 12.7 Å². The van der Waals surface area contributed by atoms with Crippen molar-refractivity contribution in [2.75, 3.05) is 6.61 Å². The Morgan fingerprint density at radius 2 is 1.81 bits per heavy atom. The first kappa shape index (κ1) is 15.3. The van der Waals surface area contributed by atoms with E-state index in [1.807, 2.05) is 13.8 Å². The van der Waals surface area contributed by atoms with Gasteiger partial charge in [-0.3, -0.25) is 0 Å². The summed E-state index contributed by atoms with van der Waals surface area (Å²) in [6.07, 6.45) is 5.15. The van der Waals surface area contributed by atoms with Crippen LogP contribution >= 0.6 is 0 Å². The second kappa shape index (κ2) is 9.49. The highest BCUT2D eigenvalue weighted by molar-refractivity contribution is 5.59. The van der Waals surface area contributed by atoms with Crippen LogP contribution < -0.4 is 0 Å². The van der Waals surface area contributed by atoms with E-state index < -0.39 is 6.16 Å². The SMILES string of the molecule is CCCCC(CCC)COC(=O)OC(C)C. The molecule has 0 aromatic rings. The van der Waals surface area contributed by atoms with E-state index in [0.717, 1.165) is 19.3 Å². The molecule has 0 saturated carbocycles. The number of carbonyl (C=O) groups excluding carboxylic acids is 1. The monoisotopic (exact) mass is 230 g/mol. The Hall–Kier alpha value is -0.730. The molecule has 0 aromatic carbocycles. The highest BCUT2D eigenvalue weighted by atomic mass is 16.7. The Morgan fingerprint density at radius 1 is 1.12 bits per heavy atom. The number of hydrogen-bond donors (Lipinski definition) is 0. The van der Waals surface area contributed by atoms with Gasteiger partial charge in [0.1, 0.15) is 0 Å². The molecule has 3 nitrogen and oxygen atoms in total. The summed E-state index contributed by atoms with van der Waals surface area (Å²) in [5.41, 5.74) is 0. The van der Waals surface area contributed by atoms with Crippen molar-refractivity contribution in [1.82, 2.24) is 0 Å². The van der Waals surface area contributed by atoms with Crippen LogP contribution in [0.2, 0.25) is 0 Å². The Balaban J connectivity index is 3.77. The van der Waals surface area contributed by atoms with Gasteiger partial charge in [-0.05, 0) is 32.6 Å². The lowest BCUT2D eigenvalue weighted by atomic mass is 9.98. The Kier molecular flexibility index (Phi) is 9.06. The van der Waals surface area contributed by atoms with Gasteiger partial charge in [-0.2, -0.15) is 0 Å². The van der Waals surface area contributed by atoms with Crippen molar-refractivity contribution in [1.29, 1.82) is 0 Å². The molecule has 0 aliphatic heterocycles. The minimum atomic E-state index is -0.535. The first-order valence-corrected chi connectivity index (χ1v) is 6.43. The topological polar surface area (TPSA) is 35.5 Å². The molecule has 1 atom stereocenters. The molecule has 96 valence electrons. The Bertz CT molecular complexity index is 178. The van der Waals surface area contributed by atoms with Crippen LogP contribution in [0.5, 0.6) is 0 Å². The van der Waals surface area contributed by atoms with Gasteiger partial charge in [0.25, 0.3) is 0 Å². The fourth-order valence-corrected chi connectivity index (χ4v) is 1.62. The van der Waals surface area contributed by atoms with Gasteiger partial charge in [-0.15, -0.1) is 0 Å². The zero-order chi connectivity index (χ0) is 12.4. The average Bonchev–Trinajstić information content (AvgIpc) is 2.21. The second-order valence-corrected chi connectivity index (χ2v) is 4.52. The molecule has 0 radical (unpaired) electrons. The molecular weight excluding hydrogens is 204 g/mol. The van der Waals surface area contributed by atoms with E-state index >= 15 is 0 Å². The summed E-state index contributed by atoms with van der Waals surface area (Å²) >= 11 is 0. The summed E-state index contributed by atoms with van der Waals surface area (Å²) in [6.45, 7) is 8.48. The molecule has 0 aromatic heterocycles. The normalized spacial score (nSPS) is 12.6. The van der Waals surface area contributed by atoms with Crippen LogP contribution in [-0.2, 0) is 9.47 Å². The molecule has 0 aliphatic carbocycles. The second-order valence-electron chi connectivity index (χ2n) is 4.52. The first-order valence-electron chi connectivity index (χ1n) is 6.43. The van der Waals surface area contributed by atoms with Crippen LogP contribution in [-0.4, -0.2) is 18.9 Å². The van der Waals surface area contributed by atoms with E-state index in [1.54, 1.807) is 0 Å². The highest BCUT2D eigenvalue weighted by Crippen LogP contribution is 2.15. The van der Waals surface area contributed by atoms with Gasteiger partial charge in [0.15, 0.2) is 0 Å². The van der Waals surface area contributed by atoms with E-state index in [9.17, 15) is 4.79 Å². The van der Waals surface area contributed by atoms with E-state index in [4.69, 9.17) is 9.47 Å². The molecule has 0 saturated heterocycles. The van der Waals surface area contributed by atoms with Crippen molar-refractivity contribution in [2.24, 2.45) is 5.92 Å². The van der Waals surface area contributed by atoms with Crippen molar-refractivity contribution in [3.8, 4) is 0 Å². The van der Waals surface area contributed by atoms with Crippen molar-refractivity contribution in [3.63, 3.8) is 0 Å². The summed E-state index contributed by atoms with van der Waals surface area (Å²) in [6, 6.07) is 0. The summed E-state index contributed by atoms with van der Waals surface area (Å²) in [7, 11) is 0. The lowest BCUT2D eigenvalue weighted by Gasteiger charge is -2.16.